The van der Waals surface area contributed by atoms with Gasteiger partial charge in [-0.3, -0.25) is 14.9 Å². The van der Waals surface area contributed by atoms with E-state index in [9.17, 15) is 24.8 Å². The van der Waals surface area contributed by atoms with Crippen LogP contribution in [0.4, 0.5) is 5.69 Å². The summed E-state index contributed by atoms with van der Waals surface area (Å²) in [6.07, 6.45) is -1.52. The van der Waals surface area contributed by atoms with Crippen molar-refractivity contribution < 1.29 is 29.1 Å². The van der Waals surface area contributed by atoms with Gasteiger partial charge in [-0.2, -0.15) is 0 Å². The Kier molecular flexibility index (Phi) is 5.61. The summed E-state index contributed by atoms with van der Waals surface area (Å²) in [5, 5.41) is 22.5. The standard InChI is InChI=1S/C12H14N2O7/c1-20-10-7(4-3-5-8(10)14(18)19)11(16)13-6-9(15)12(17)21-2/h3-5,9,15H,6H2,1-2H3,(H,13,16). The molecule has 0 aliphatic heterocycles. The quantitative estimate of drug-likeness (QED) is 0.425. The highest BCUT2D eigenvalue weighted by Crippen LogP contribution is 2.30. The van der Waals surface area contributed by atoms with Crippen LogP contribution in [0.15, 0.2) is 18.2 Å². The minimum absolute atomic E-state index is 0.0798. The molecule has 0 heterocycles. The largest absolute Gasteiger partial charge is 0.490 e. The van der Waals surface area contributed by atoms with Crippen molar-refractivity contribution in [3.8, 4) is 5.75 Å². The number of hydrogen-bond acceptors (Lipinski definition) is 7. The Morgan fingerprint density at radius 1 is 1.43 bits per heavy atom. The third kappa shape index (κ3) is 3.89. The SMILES string of the molecule is COC(=O)C(O)CNC(=O)c1cccc([N+](=O)[O-])c1OC. The van der Waals surface area contributed by atoms with E-state index in [-0.39, 0.29) is 17.0 Å². The van der Waals surface area contributed by atoms with E-state index in [1.165, 1.54) is 25.3 Å². The van der Waals surface area contributed by atoms with Crippen LogP contribution in [0.2, 0.25) is 0 Å². The van der Waals surface area contributed by atoms with Crippen molar-refractivity contribution in [1.82, 2.24) is 5.32 Å². The molecule has 0 aromatic heterocycles. The third-order valence-corrected chi connectivity index (χ3v) is 2.57. The summed E-state index contributed by atoms with van der Waals surface area (Å²) in [5.74, 6) is -1.83. The fraction of sp³-hybridized carbons (Fsp3) is 0.333. The van der Waals surface area contributed by atoms with Crippen LogP contribution in [0.5, 0.6) is 5.75 Å². The van der Waals surface area contributed by atoms with Gasteiger partial charge >= 0.3 is 11.7 Å². The third-order valence-electron chi connectivity index (χ3n) is 2.57. The van der Waals surface area contributed by atoms with Crippen molar-refractivity contribution >= 4 is 17.6 Å². The van der Waals surface area contributed by atoms with Crippen LogP contribution in [0, 0.1) is 10.1 Å². The molecule has 21 heavy (non-hydrogen) atoms. The Morgan fingerprint density at radius 2 is 2.10 bits per heavy atom. The maximum atomic E-state index is 11.9. The molecule has 0 radical (unpaired) electrons. The predicted molar refractivity (Wildman–Crippen MR) is 70.0 cm³/mol. The molecule has 0 aliphatic carbocycles. The zero-order valence-corrected chi connectivity index (χ0v) is 11.4. The second-order valence-corrected chi connectivity index (χ2v) is 3.86. The first kappa shape index (κ1) is 16.4. The van der Waals surface area contributed by atoms with Crippen LogP contribution in [0.1, 0.15) is 10.4 Å². The lowest BCUT2D eigenvalue weighted by atomic mass is 10.1. The first-order valence-corrected chi connectivity index (χ1v) is 5.77. The number of rotatable bonds is 6. The number of nitrogens with zero attached hydrogens (tertiary/aromatic N) is 1. The van der Waals surface area contributed by atoms with Gasteiger partial charge in [0.05, 0.1) is 31.3 Å². The van der Waals surface area contributed by atoms with Crippen LogP contribution in [-0.4, -0.2) is 48.8 Å². The van der Waals surface area contributed by atoms with E-state index >= 15 is 0 Å². The maximum absolute atomic E-state index is 11.9. The second-order valence-electron chi connectivity index (χ2n) is 3.86. The molecule has 0 fully saturated rings. The van der Waals surface area contributed by atoms with Gasteiger partial charge in [-0.15, -0.1) is 0 Å². The Morgan fingerprint density at radius 3 is 2.62 bits per heavy atom. The normalized spacial score (nSPS) is 11.4. The number of para-hydroxylation sites is 1. The van der Waals surface area contributed by atoms with E-state index in [0.717, 1.165) is 7.11 Å². The van der Waals surface area contributed by atoms with Gasteiger partial charge in [0.25, 0.3) is 5.91 Å². The van der Waals surface area contributed by atoms with E-state index in [2.05, 4.69) is 10.1 Å². The number of esters is 1. The number of carbonyl (C=O) groups is 2. The molecule has 0 spiro atoms. The number of aliphatic hydroxyl groups is 1. The molecule has 9 nitrogen and oxygen atoms in total. The van der Waals surface area contributed by atoms with Crippen molar-refractivity contribution in [2.75, 3.05) is 20.8 Å². The summed E-state index contributed by atoms with van der Waals surface area (Å²) in [7, 11) is 2.29. The predicted octanol–water partition coefficient (Wildman–Crippen LogP) is -0.133. The molecule has 1 aromatic carbocycles. The Labute approximate surface area is 119 Å². The smallest absolute Gasteiger partial charge is 0.336 e. The van der Waals surface area contributed by atoms with Gasteiger partial charge < -0.3 is 19.9 Å². The Balaban J connectivity index is 2.90. The number of nitro benzene ring substituents is 1. The van der Waals surface area contributed by atoms with Crippen molar-refractivity contribution in [2.24, 2.45) is 0 Å². The van der Waals surface area contributed by atoms with Crippen LogP contribution >= 0.6 is 0 Å². The summed E-state index contributed by atoms with van der Waals surface area (Å²) in [6.45, 7) is -0.392. The molecule has 114 valence electrons. The number of methoxy groups -OCH3 is 2. The number of carbonyl (C=O) groups excluding carboxylic acids is 2. The van der Waals surface area contributed by atoms with E-state index in [1.807, 2.05) is 0 Å². The lowest BCUT2D eigenvalue weighted by Gasteiger charge is -2.11. The summed E-state index contributed by atoms with van der Waals surface area (Å²) in [5.41, 5.74) is -0.442. The molecule has 2 N–H and O–H groups in total. The molecule has 1 aromatic rings. The second kappa shape index (κ2) is 7.20. The molecule has 0 aliphatic rings. The molecule has 1 unspecified atom stereocenters. The number of amides is 1. The first-order chi connectivity index (χ1) is 9.92. The van der Waals surface area contributed by atoms with Crippen LogP contribution < -0.4 is 10.1 Å². The highest BCUT2D eigenvalue weighted by Gasteiger charge is 2.23. The average molecular weight is 298 g/mol. The minimum atomic E-state index is -1.52. The molecule has 1 rings (SSSR count). The topological polar surface area (TPSA) is 128 Å². The molecule has 9 heteroatoms. The first-order valence-electron chi connectivity index (χ1n) is 5.77. The zero-order chi connectivity index (χ0) is 16.0. The van der Waals surface area contributed by atoms with E-state index in [0.29, 0.717) is 0 Å². The number of nitrogens with one attached hydrogen (secondary N) is 1. The molecular weight excluding hydrogens is 284 g/mol. The molecule has 1 amide bonds. The summed E-state index contributed by atoms with van der Waals surface area (Å²) >= 11 is 0. The van der Waals surface area contributed by atoms with Gasteiger partial charge in [0.15, 0.2) is 6.10 Å². The molecule has 1 atom stereocenters. The monoisotopic (exact) mass is 298 g/mol. The molecular formula is C12H14N2O7. The van der Waals surface area contributed by atoms with Gasteiger partial charge in [-0.05, 0) is 6.07 Å². The van der Waals surface area contributed by atoms with E-state index in [4.69, 9.17) is 4.74 Å². The maximum Gasteiger partial charge on any atom is 0.336 e. The summed E-state index contributed by atoms with van der Waals surface area (Å²) in [6, 6.07) is 3.84. The Hall–Kier alpha value is -2.68. The van der Waals surface area contributed by atoms with E-state index < -0.39 is 29.4 Å². The van der Waals surface area contributed by atoms with Crippen LogP contribution in [0.25, 0.3) is 0 Å². The van der Waals surface area contributed by atoms with Gasteiger partial charge in [-0.25, -0.2) is 4.79 Å². The summed E-state index contributed by atoms with van der Waals surface area (Å²) < 4.78 is 9.17. The van der Waals surface area contributed by atoms with Crippen LogP contribution in [0.3, 0.4) is 0 Å². The van der Waals surface area contributed by atoms with Gasteiger partial charge in [0, 0.05) is 6.07 Å². The number of ether oxygens (including phenoxy) is 2. The number of aliphatic hydroxyl groups excluding tert-OH is 1. The molecule has 0 saturated heterocycles. The summed E-state index contributed by atoms with van der Waals surface area (Å²) in [4.78, 5) is 33.1. The highest BCUT2D eigenvalue weighted by molar-refractivity contribution is 5.98. The average Bonchev–Trinajstić information content (AvgIpc) is 2.50. The number of nitro groups is 1. The van der Waals surface area contributed by atoms with Crippen molar-refractivity contribution in [3.05, 3.63) is 33.9 Å². The van der Waals surface area contributed by atoms with Gasteiger partial charge in [0.1, 0.15) is 0 Å². The van der Waals surface area contributed by atoms with Gasteiger partial charge in [0.2, 0.25) is 5.75 Å². The minimum Gasteiger partial charge on any atom is -0.490 e. The van der Waals surface area contributed by atoms with Crippen molar-refractivity contribution in [1.29, 1.82) is 0 Å². The van der Waals surface area contributed by atoms with Crippen molar-refractivity contribution in [3.63, 3.8) is 0 Å². The number of hydrogen-bond donors (Lipinski definition) is 2. The van der Waals surface area contributed by atoms with Crippen molar-refractivity contribution in [2.45, 2.75) is 6.10 Å². The van der Waals surface area contributed by atoms with Gasteiger partial charge in [-0.1, -0.05) is 6.07 Å². The number of benzene rings is 1. The lowest BCUT2D eigenvalue weighted by molar-refractivity contribution is -0.385. The zero-order valence-electron chi connectivity index (χ0n) is 11.4. The highest BCUT2D eigenvalue weighted by atomic mass is 16.6. The fourth-order valence-corrected chi connectivity index (χ4v) is 1.57. The van der Waals surface area contributed by atoms with E-state index in [1.54, 1.807) is 0 Å². The lowest BCUT2D eigenvalue weighted by Crippen LogP contribution is -2.37. The van der Waals surface area contributed by atoms with Crippen LogP contribution in [-0.2, 0) is 9.53 Å². The molecule has 0 saturated carbocycles. The Bertz CT molecular complexity index is 559. The molecule has 0 bridgehead atoms. The fourth-order valence-electron chi connectivity index (χ4n) is 1.57.